The molecule has 0 bridgehead atoms. The zero-order valence-corrected chi connectivity index (χ0v) is 13.4. The van der Waals surface area contributed by atoms with E-state index in [0.29, 0.717) is 0 Å². The molecule has 0 atom stereocenters. The molecule has 0 aliphatic rings. The van der Waals surface area contributed by atoms with E-state index >= 15 is 0 Å². The van der Waals surface area contributed by atoms with Crippen molar-refractivity contribution in [1.82, 2.24) is 0 Å². The van der Waals surface area contributed by atoms with Gasteiger partial charge < -0.3 is 0 Å². The predicted molar refractivity (Wildman–Crippen MR) is 84.0 cm³/mol. The molecule has 1 rings (SSSR count). The van der Waals surface area contributed by atoms with Gasteiger partial charge in [-0.05, 0) is 18.2 Å². The second kappa shape index (κ2) is 5.07. The van der Waals surface area contributed by atoms with Gasteiger partial charge in [-0.25, -0.2) is 0 Å². The molecule has 0 radical (unpaired) electrons. The Morgan fingerprint density at radius 2 is 1.71 bits per heavy atom. The zero-order chi connectivity index (χ0) is 13.1. The molecule has 0 fully saturated rings. The van der Waals surface area contributed by atoms with Crippen LogP contribution in [0, 0.1) is 12.3 Å². The molecule has 0 aromatic heterocycles. The maximum atomic E-state index is 5.40. The van der Waals surface area contributed by atoms with Crippen LogP contribution >= 0.6 is 0 Å². The van der Waals surface area contributed by atoms with Crippen LogP contribution in [-0.2, 0) is 0 Å². The van der Waals surface area contributed by atoms with E-state index in [9.17, 15) is 0 Å². The van der Waals surface area contributed by atoms with Gasteiger partial charge in [-0.1, -0.05) is 55.5 Å². The monoisotopic (exact) mass is 258 g/mol. The van der Waals surface area contributed by atoms with Crippen LogP contribution in [0.25, 0.3) is 0 Å². The van der Waals surface area contributed by atoms with Crippen molar-refractivity contribution in [3.8, 4) is 12.3 Å². The van der Waals surface area contributed by atoms with Gasteiger partial charge in [0.15, 0.2) is 0 Å². The first-order valence-corrected chi connectivity index (χ1v) is 13.2. The van der Waals surface area contributed by atoms with E-state index in [1.807, 2.05) is 0 Å². The van der Waals surface area contributed by atoms with Crippen molar-refractivity contribution in [2.75, 3.05) is 0 Å². The zero-order valence-electron chi connectivity index (χ0n) is 11.4. The normalized spacial score (nSPS) is 11.9. The fourth-order valence-corrected chi connectivity index (χ4v) is 9.81. The molecule has 2 heteroatoms. The van der Waals surface area contributed by atoms with E-state index in [4.69, 9.17) is 6.42 Å². The lowest BCUT2D eigenvalue weighted by Crippen LogP contribution is -2.62. The Hall–Kier alpha value is -1.05. The fraction of sp³-hybridized carbons (Fsp3) is 0.333. The number of hydrogen-bond acceptors (Lipinski definition) is 0. The Balaban J connectivity index is 3.12. The first-order chi connectivity index (χ1) is 7.85. The third-order valence-electron chi connectivity index (χ3n) is 4.12. The molecule has 1 aromatic carbocycles. The van der Waals surface area contributed by atoms with E-state index in [2.05, 4.69) is 69.0 Å². The topological polar surface area (TPSA) is 0 Å². The smallest absolute Gasteiger partial charge is 0.0741 e. The summed E-state index contributed by atoms with van der Waals surface area (Å²) in [6.45, 7) is 13.8. The molecule has 0 nitrogen and oxygen atoms in total. The average Bonchev–Trinajstić information content (AvgIpc) is 2.29. The standard InChI is InChI=1S/C15H22Si2/c1-7-13-16(3,4)17(5,6)15-11-9-14(8-2)10-12-15/h2,7,9-12H,1,13H2,3-6H3. The Bertz CT molecular complexity index is 433. The highest BCUT2D eigenvalue weighted by Gasteiger charge is 2.40. The Morgan fingerprint density at radius 3 is 2.12 bits per heavy atom. The molecule has 0 aliphatic carbocycles. The van der Waals surface area contributed by atoms with Crippen LogP contribution in [0.5, 0.6) is 0 Å². The first-order valence-electron chi connectivity index (χ1n) is 6.03. The van der Waals surface area contributed by atoms with Gasteiger partial charge >= 0.3 is 0 Å². The van der Waals surface area contributed by atoms with E-state index in [0.717, 1.165) is 5.56 Å². The molecule has 0 amide bonds. The van der Waals surface area contributed by atoms with Crippen LogP contribution < -0.4 is 5.19 Å². The van der Waals surface area contributed by atoms with E-state index < -0.39 is 15.2 Å². The van der Waals surface area contributed by atoms with Gasteiger partial charge in [-0.2, -0.15) is 0 Å². The van der Waals surface area contributed by atoms with Crippen molar-refractivity contribution in [3.63, 3.8) is 0 Å². The number of terminal acetylenes is 1. The number of hydrogen-bond donors (Lipinski definition) is 0. The number of allylic oxidation sites excluding steroid dienone is 1. The molecular formula is C15H22Si2. The van der Waals surface area contributed by atoms with E-state index in [1.54, 1.807) is 0 Å². The molecule has 0 spiro atoms. The molecule has 0 saturated carbocycles. The second-order valence-electron chi connectivity index (χ2n) is 5.72. The lowest BCUT2D eigenvalue weighted by molar-refractivity contribution is 1.56. The van der Waals surface area contributed by atoms with Gasteiger partial charge in [0.25, 0.3) is 0 Å². The van der Waals surface area contributed by atoms with Crippen molar-refractivity contribution in [2.24, 2.45) is 0 Å². The molecule has 0 N–H and O–H groups in total. The Labute approximate surface area is 108 Å². The SMILES string of the molecule is C#Cc1ccc([Si](C)(C)[Si](C)(C)CC=C)cc1. The van der Waals surface area contributed by atoms with Crippen LogP contribution in [0.3, 0.4) is 0 Å². The van der Waals surface area contributed by atoms with Crippen LogP contribution in [0.15, 0.2) is 36.9 Å². The largest absolute Gasteiger partial charge is 0.115 e. The summed E-state index contributed by atoms with van der Waals surface area (Å²) in [6, 6.07) is 9.81. The molecule has 1 aromatic rings. The minimum Gasteiger partial charge on any atom is -0.115 e. The van der Waals surface area contributed by atoms with Crippen LogP contribution in [0.1, 0.15) is 5.56 Å². The van der Waals surface area contributed by atoms with Gasteiger partial charge in [0.1, 0.15) is 0 Å². The Kier molecular flexibility index (Phi) is 4.18. The van der Waals surface area contributed by atoms with Crippen LogP contribution in [0.4, 0.5) is 0 Å². The van der Waals surface area contributed by atoms with Gasteiger partial charge in [0.05, 0.1) is 15.2 Å². The lowest BCUT2D eigenvalue weighted by Gasteiger charge is -2.38. The summed E-state index contributed by atoms with van der Waals surface area (Å²) in [6.07, 6.45) is 7.49. The predicted octanol–water partition coefficient (Wildman–Crippen LogP) is 3.56. The van der Waals surface area contributed by atoms with Crippen LogP contribution in [-0.4, -0.2) is 15.2 Å². The highest BCUT2D eigenvalue weighted by Crippen LogP contribution is 2.23. The summed E-state index contributed by atoms with van der Waals surface area (Å²) in [7, 11) is -2.59. The van der Waals surface area contributed by atoms with Gasteiger partial charge in [0, 0.05) is 5.56 Å². The molecule has 0 aliphatic heterocycles. The van der Waals surface area contributed by atoms with Crippen molar-refractivity contribution in [3.05, 3.63) is 42.5 Å². The van der Waals surface area contributed by atoms with Crippen molar-refractivity contribution in [2.45, 2.75) is 32.2 Å². The highest BCUT2D eigenvalue weighted by molar-refractivity contribution is 7.45. The number of benzene rings is 1. The third kappa shape index (κ3) is 2.80. The fourth-order valence-electron chi connectivity index (χ4n) is 1.99. The number of rotatable bonds is 4. The maximum Gasteiger partial charge on any atom is 0.0741 e. The first kappa shape index (κ1) is 14.0. The summed E-state index contributed by atoms with van der Waals surface area (Å²) in [5.41, 5.74) is 0.974. The minimum absolute atomic E-state index is 0.974. The molecule has 0 unspecified atom stereocenters. The molecule has 17 heavy (non-hydrogen) atoms. The maximum absolute atomic E-state index is 5.40. The van der Waals surface area contributed by atoms with Gasteiger partial charge in [-0.3, -0.25) is 0 Å². The summed E-state index contributed by atoms with van der Waals surface area (Å²) >= 11 is 0. The summed E-state index contributed by atoms with van der Waals surface area (Å²) in [5, 5.41) is 1.52. The summed E-state index contributed by atoms with van der Waals surface area (Å²) < 4.78 is 0. The third-order valence-corrected chi connectivity index (χ3v) is 22.2. The van der Waals surface area contributed by atoms with Crippen molar-refractivity contribution < 1.29 is 0 Å². The molecule has 90 valence electrons. The van der Waals surface area contributed by atoms with Gasteiger partial charge in [-0.15, -0.1) is 13.0 Å². The van der Waals surface area contributed by atoms with E-state index in [1.165, 1.54) is 11.2 Å². The van der Waals surface area contributed by atoms with Crippen LogP contribution in [0.2, 0.25) is 32.2 Å². The molecular weight excluding hydrogens is 236 g/mol. The Morgan fingerprint density at radius 1 is 1.18 bits per heavy atom. The van der Waals surface area contributed by atoms with Crippen molar-refractivity contribution in [1.29, 1.82) is 0 Å². The van der Waals surface area contributed by atoms with Gasteiger partial charge in [0.2, 0.25) is 0 Å². The molecule has 0 saturated heterocycles. The second-order valence-corrected chi connectivity index (χ2v) is 21.5. The van der Waals surface area contributed by atoms with Crippen molar-refractivity contribution >= 4 is 20.4 Å². The highest BCUT2D eigenvalue weighted by atomic mass is 29.3. The average molecular weight is 259 g/mol. The minimum atomic E-state index is -1.36. The van der Waals surface area contributed by atoms with E-state index in [-0.39, 0.29) is 0 Å². The summed E-state index contributed by atoms with van der Waals surface area (Å²) in [4.78, 5) is 0. The molecule has 0 heterocycles. The quantitative estimate of drug-likeness (QED) is 0.440. The summed E-state index contributed by atoms with van der Waals surface area (Å²) in [5.74, 6) is 2.68. The lowest BCUT2D eigenvalue weighted by atomic mass is 10.2.